The second kappa shape index (κ2) is 14.8. The van der Waals surface area contributed by atoms with Crippen LogP contribution in [0.2, 0.25) is 0 Å². The molecule has 0 amide bonds. The Kier molecular flexibility index (Phi) is 11.1. The van der Waals surface area contributed by atoms with Crippen LogP contribution in [0.15, 0.2) is 60.9 Å². The molecule has 2 aromatic carbocycles. The number of carbonyl (C=O) groups is 1. The molecule has 186 valence electrons. The summed E-state index contributed by atoms with van der Waals surface area (Å²) in [6.07, 6.45) is 12.4. The number of nitrogens with zero attached hydrogens (tertiary/aromatic N) is 2. The van der Waals surface area contributed by atoms with Gasteiger partial charge in [-0.25, -0.2) is 9.78 Å². The standard InChI is InChI=1S/C29H36N2O4/c1-3-5-7-8-10-20-34-25-15-17-26(18-16-25)35-29(32)28-22-30-27(21-31-28)23-11-13-24(14-12-23)33-19-9-6-4-2/h11-18,21-22H,3-10,19-20H2,1-2H3. The van der Waals surface area contributed by atoms with Crippen LogP contribution in [0.4, 0.5) is 0 Å². The van der Waals surface area contributed by atoms with Gasteiger partial charge in [-0.1, -0.05) is 52.4 Å². The molecule has 3 rings (SSSR count). The van der Waals surface area contributed by atoms with Crippen LogP contribution in [0, 0.1) is 0 Å². The Bertz CT molecular complexity index is 1000. The maximum Gasteiger partial charge on any atom is 0.363 e. The number of ether oxygens (including phenoxy) is 3. The third-order valence-electron chi connectivity index (χ3n) is 5.58. The summed E-state index contributed by atoms with van der Waals surface area (Å²) in [7, 11) is 0. The summed E-state index contributed by atoms with van der Waals surface area (Å²) in [5, 5.41) is 0. The number of benzene rings is 2. The van der Waals surface area contributed by atoms with Gasteiger partial charge in [-0.05, 0) is 61.4 Å². The maximum absolute atomic E-state index is 12.5. The fourth-order valence-corrected chi connectivity index (χ4v) is 3.51. The van der Waals surface area contributed by atoms with Gasteiger partial charge in [0.05, 0.1) is 31.3 Å². The van der Waals surface area contributed by atoms with Crippen molar-refractivity contribution in [1.29, 1.82) is 0 Å². The van der Waals surface area contributed by atoms with Gasteiger partial charge in [0, 0.05) is 5.56 Å². The lowest BCUT2D eigenvalue weighted by Crippen LogP contribution is -2.11. The first-order chi connectivity index (χ1) is 17.2. The van der Waals surface area contributed by atoms with Gasteiger partial charge < -0.3 is 14.2 Å². The fraction of sp³-hybridized carbons (Fsp3) is 0.414. The second-order valence-electron chi connectivity index (χ2n) is 8.49. The Morgan fingerprint density at radius 1 is 0.657 bits per heavy atom. The minimum atomic E-state index is -0.551. The van der Waals surface area contributed by atoms with Crippen LogP contribution in [-0.2, 0) is 0 Å². The van der Waals surface area contributed by atoms with Crippen molar-refractivity contribution >= 4 is 5.97 Å². The number of esters is 1. The normalized spacial score (nSPS) is 10.7. The van der Waals surface area contributed by atoms with E-state index in [1.165, 1.54) is 44.7 Å². The molecule has 1 heterocycles. The van der Waals surface area contributed by atoms with E-state index in [-0.39, 0.29) is 5.69 Å². The Labute approximate surface area is 208 Å². The van der Waals surface area contributed by atoms with Crippen LogP contribution in [0.1, 0.15) is 75.7 Å². The van der Waals surface area contributed by atoms with Gasteiger partial charge in [-0.3, -0.25) is 4.98 Å². The summed E-state index contributed by atoms with van der Waals surface area (Å²) >= 11 is 0. The lowest BCUT2D eigenvalue weighted by Gasteiger charge is -2.08. The molecule has 0 saturated heterocycles. The zero-order valence-corrected chi connectivity index (χ0v) is 20.9. The Balaban J connectivity index is 1.46. The average Bonchev–Trinajstić information content (AvgIpc) is 2.90. The quantitative estimate of drug-likeness (QED) is 0.130. The molecule has 0 spiro atoms. The zero-order valence-electron chi connectivity index (χ0n) is 20.9. The predicted octanol–water partition coefficient (Wildman–Crippen LogP) is 7.28. The highest BCUT2D eigenvalue weighted by Gasteiger charge is 2.12. The first-order valence-electron chi connectivity index (χ1n) is 12.7. The molecule has 0 N–H and O–H groups in total. The summed E-state index contributed by atoms with van der Waals surface area (Å²) in [6.45, 7) is 5.79. The van der Waals surface area contributed by atoms with Crippen molar-refractivity contribution < 1.29 is 19.0 Å². The van der Waals surface area contributed by atoms with Crippen molar-refractivity contribution in [2.45, 2.75) is 65.2 Å². The topological polar surface area (TPSA) is 70.5 Å². The van der Waals surface area contributed by atoms with E-state index in [1.54, 1.807) is 30.5 Å². The molecule has 35 heavy (non-hydrogen) atoms. The third kappa shape index (κ3) is 9.04. The van der Waals surface area contributed by atoms with Crippen LogP contribution < -0.4 is 14.2 Å². The molecule has 0 unspecified atom stereocenters. The Morgan fingerprint density at radius 2 is 1.20 bits per heavy atom. The van der Waals surface area contributed by atoms with E-state index in [0.29, 0.717) is 18.1 Å². The molecule has 6 nitrogen and oxygen atoms in total. The van der Waals surface area contributed by atoms with Crippen molar-refractivity contribution in [1.82, 2.24) is 9.97 Å². The zero-order chi connectivity index (χ0) is 24.7. The summed E-state index contributed by atoms with van der Waals surface area (Å²) in [6, 6.07) is 14.8. The summed E-state index contributed by atoms with van der Waals surface area (Å²) in [4.78, 5) is 21.1. The van der Waals surface area contributed by atoms with E-state index in [1.807, 2.05) is 24.3 Å². The fourth-order valence-electron chi connectivity index (χ4n) is 3.51. The number of hydrogen-bond acceptors (Lipinski definition) is 6. The molecule has 0 radical (unpaired) electrons. The molecule has 0 atom stereocenters. The van der Waals surface area contributed by atoms with Gasteiger partial charge in [0.25, 0.3) is 0 Å². The first-order valence-corrected chi connectivity index (χ1v) is 12.7. The van der Waals surface area contributed by atoms with Gasteiger partial charge in [0.15, 0.2) is 5.69 Å². The minimum absolute atomic E-state index is 0.150. The van der Waals surface area contributed by atoms with Crippen LogP contribution in [-0.4, -0.2) is 29.2 Å². The van der Waals surface area contributed by atoms with Crippen LogP contribution in [0.5, 0.6) is 17.2 Å². The van der Waals surface area contributed by atoms with E-state index in [4.69, 9.17) is 14.2 Å². The van der Waals surface area contributed by atoms with E-state index >= 15 is 0 Å². The van der Waals surface area contributed by atoms with Crippen LogP contribution in [0.25, 0.3) is 11.3 Å². The predicted molar refractivity (Wildman–Crippen MR) is 138 cm³/mol. The lowest BCUT2D eigenvalue weighted by molar-refractivity contribution is 0.0728. The highest BCUT2D eigenvalue weighted by molar-refractivity contribution is 5.88. The lowest BCUT2D eigenvalue weighted by atomic mass is 10.1. The van der Waals surface area contributed by atoms with Gasteiger partial charge in [-0.15, -0.1) is 0 Å². The van der Waals surface area contributed by atoms with Crippen molar-refractivity contribution in [2.24, 2.45) is 0 Å². The van der Waals surface area contributed by atoms with Gasteiger partial charge in [-0.2, -0.15) is 0 Å². The van der Waals surface area contributed by atoms with Crippen molar-refractivity contribution in [3.63, 3.8) is 0 Å². The number of aromatic nitrogens is 2. The molecule has 0 aliphatic rings. The highest BCUT2D eigenvalue weighted by Crippen LogP contribution is 2.22. The van der Waals surface area contributed by atoms with E-state index in [0.717, 1.165) is 36.5 Å². The largest absolute Gasteiger partial charge is 0.494 e. The molecule has 0 fully saturated rings. The van der Waals surface area contributed by atoms with Crippen LogP contribution >= 0.6 is 0 Å². The molecule has 3 aromatic rings. The first kappa shape index (κ1) is 26.2. The summed E-state index contributed by atoms with van der Waals surface area (Å²) in [5.74, 6) is 1.48. The smallest absolute Gasteiger partial charge is 0.363 e. The van der Waals surface area contributed by atoms with Crippen molar-refractivity contribution in [2.75, 3.05) is 13.2 Å². The monoisotopic (exact) mass is 476 g/mol. The third-order valence-corrected chi connectivity index (χ3v) is 5.58. The van der Waals surface area contributed by atoms with Crippen LogP contribution in [0.3, 0.4) is 0 Å². The molecule has 6 heteroatoms. The van der Waals surface area contributed by atoms with Gasteiger partial charge >= 0.3 is 5.97 Å². The molecule has 0 aliphatic heterocycles. The number of carbonyl (C=O) groups excluding carboxylic acids is 1. The van der Waals surface area contributed by atoms with Crippen molar-refractivity contribution in [3.05, 3.63) is 66.6 Å². The maximum atomic E-state index is 12.5. The molecular formula is C29H36N2O4. The number of unbranched alkanes of at least 4 members (excludes halogenated alkanes) is 6. The molecular weight excluding hydrogens is 440 g/mol. The van der Waals surface area contributed by atoms with Gasteiger partial charge in [0.1, 0.15) is 17.2 Å². The Morgan fingerprint density at radius 3 is 1.80 bits per heavy atom. The molecule has 0 bridgehead atoms. The summed E-state index contributed by atoms with van der Waals surface area (Å²) < 4.78 is 16.9. The van der Waals surface area contributed by atoms with E-state index in [9.17, 15) is 4.79 Å². The van der Waals surface area contributed by atoms with E-state index < -0.39 is 5.97 Å². The summed E-state index contributed by atoms with van der Waals surface area (Å²) in [5.41, 5.74) is 1.73. The average molecular weight is 477 g/mol. The SMILES string of the molecule is CCCCCCCOc1ccc(OC(=O)c2cnc(-c3ccc(OCCCCC)cc3)cn2)cc1. The van der Waals surface area contributed by atoms with E-state index in [2.05, 4.69) is 23.8 Å². The second-order valence-corrected chi connectivity index (χ2v) is 8.49. The molecule has 0 aliphatic carbocycles. The molecule has 1 aromatic heterocycles. The van der Waals surface area contributed by atoms with Gasteiger partial charge in [0.2, 0.25) is 0 Å². The Hall–Kier alpha value is -3.41. The molecule has 0 saturated carbocycles. The highest BCUT2D eigenvalue weighted by atomic mass is 16.5. The van der Waals surface area contributed by atoms with Crippen molar-refractivity contribution in [3.8, 4) is 28.5 Å². The number of hydrogen-bond donors (Lipinski definition) is 0. The number of rotatable bonds is 15. The minimum Gasteiger partial charge on any atom is -0.494 e.